The fraction of sp³-hybridized carbons (Fsp3) is 0.150. The number of rotatable bonds is 5. The fourth-order valence-corrected chi connectivity index (χ4v) is 3.59. The van der Waals surface area contributed by atoms with Crippen LogP contribution in [0.25, 0.3) is 11.3 Å². The van der Waals surface area contributed by atoms with E-state index < -0.39 is 0 Å². The van der Waals surface area contributed by atoms with E-state index in [9.17, 15) is 4.79 Å². The first kappa shape index (κ1) is 18.0. The van der Waals surface area contributed by atoms with Gasteiger partial charge in [-0.3, -0.25) is 9.79 Å². The molecule has 0 fully saturated rings. The highest BCUT2D eigenvalue weighted by Crippen LogP contribution is 2.32. The third kappa shape index (κ3) is 3.67. The number of aromatic nitrogens is 1. The quantitative estimate of drug-likeness (QED) is 0.532. The molecular formula is C20H18N4O3S. The van der Waals surface area contributed by atoms with Crippen LogP contribution in [0.5, 0.6) is 5.75 Å². The van der Waals surface area contributed by atoms with Gasteiger partial charge < -0.3 is 14.5 Å². The summed E-state index contributed by atoms with van der Waals surface area (Å²) in [5, 5.41) is 9.37. The molecule has 0 unspecified atom stereocenters. The third-order valence-corrected chi connectivity index (χ3v) is 4.86. The molecule has 0 saturated heterocycles. The van der Waals surface area contributed by atoms with E-state index in [0.29, 0.717) is 23.7 Å². The second kappa shape index (κ2) is 7.69. The van der Waals surface area contributed by atoms with Crippen molar-refractivity contribution in [3.8, 4) is 17.0 Å². The molecule has 0 aliphatic carbocycles. The molecule has 1 aliphatic rings. The van der Waals surface area contributed by atoms with Gasteiger partial charge in [0.1, 0.15) is 17.3 Å². The number of amides is 1. The van der Waals surface area contributed by atoms with Crippen LogP contribution in [0.2, 0.25) is 0 Å². The monoisotopic (exact) mass is 394 g/mol. The van der Waals surface area contributed by atoms with E-state index in [0.717, 1.165) is 21.8 Å². The van der Waals surface area contributed by atoms with Gasteiger partial charge >= 0.3 is 0 Å². The molecule has 28 heavy (non-hydrogen) atoms. The lowest BCUT2D eigenvalue weighted by atomic mass is 10.1. The predicted octanol–water partition coefficient (Wildman–Crippen LogP) is 3.42. The zero-order chi connectivity index (χ0) is 19.5. The zero-order valence-corrected chi connectivity index (χ0v) is 16.0. The van der Waals surface area contributed by atoms with Crippen LogP contribution in [0.4, 0.5) is 5.69 Å². The van der Waals surface area contributed by atoms with Gasteiger partial charge in [0.05, 0.1) is 24.1 Å². The van der Waals surface area contributed by atoms with Crippen LogP contribution in [0, 0.1) is 6.92 Å². The Balaban J connectivity index is 1.78. The molecule has 0 radical (unpaired) electrons. The van der Waals surface area contributed by atoms with Gasteiger partial charge in [-0.25, -0.2) is 4.68 Å². The maximum absolute atomic E-state index is 11.6. The van der Waals surface area contributed by atoms with E-state index in [2.05, 4.69) is 22.0 Å². The number of fused-ring (bicyclic) bond motifs is 1. The van der Waals surface area contributed by atoms with Crippen LogP contribution < -0.4 is 14.9 Å². The van der Waals surface area contributed by atoms with E-state index in [-0.39, 0.29) is 12.5 Å². The van der Waals surface area contributed by atoms with Crippen LogP contribution in [0.1, 0.15) is 11.5 Å². The molecule has 142 valence electrons. The Morgan fingerprint density at radius 3 is 3.04 bits per heavy atom. The molecule has 0 bridgehead atoms. The normalized spacial score (nSPS) is 14.0. The van der Waals surface area contributed by atoms with Gasteiger partial charge in [-0.15, -0.1) is 17.9 Å². The zero-order valence-electron chi connectivity index (χ0n) is 15.2. The summed E-state index contributed by atoms with van der Waals surface area (Å²) in [6, 6.07) is 9.38. The molecule has 3 heterocycles. The van der Waals surface area contributed by atoms with E-state index in [4.69, 9.17) is 9.15 Å². The highest BCUT2D eigenvalue weighted by molar-refractivity contribution is 7.07. The van der Waals surface area contributed by atoms with Gasteiger partial charge in [0.2, 0.25) is 4.80 Å². The van der Waals surface area contributed by atoms with Crippen molar-refractivity contribution in [3.63, 3.8) is 0 Å². The van der Waals surface area contributed by atoms with E-state index in [1.807, 2.05) is 42.6 Å². The summed E-state index contributed by atoms with van der Waals surface area (Å²) in [6.45, 7) is 6.12. The average Bonchev–Trinajstić information content (AvgIpc) is 3.29. The smallest absolute Gasteiger partial charge is 0.262 e. The Morgan fingerprint density at radius 1 is 1.36 bits per heavy atom. The summed E-state index contributed by atoms with van der Waals surface area (Å²) in [4.78, 5) is 16.9. The number of hydrogen-bond donors (Lipinski definition) is 1. The van der Waals surface area contributed by atoms with E-state index >= 15 is 0 Å². The van der Waals surface area contributed by atoms with Gasteiger partial charge in [0.15, 0.2) is 6.61 Å². The number of nitrogens with one attached hydrogen (secondary N) is 1. The van der Waals surface area contributed by atoms with Crippen molar-refractivity contribution < 1.29 is 13.9 Å². The summed E-state index contributed by atoms with van der Waals surface area (Å²) in [5.74, 6) is 1.95. The largest absolute Gasteiger partial charge is 0.482 e. The van der Waals surface area contributed by atoms with Gasteiger partial charge in [-0.2, -0.15) is 5.10 Å². The van der Waals surface area contributed by atoms with E-state index in [1.54, 1.807) is 17.0 Å². The standard InChI is InChI=1S/C20H18N4O3S/c1-3-8-21-20-24(22-10-15-6-4-13(2)27-15)17(12-28-20)14-5-7-18-16(9-14)23-19(25)11-26-18/h3-7,9-10,12H,1,8,11H2,2H3,(H,23,25). The number of carbonyl (C=O) groups is 1. The van der Waals surface area contributed by atoms with E-state index in [1.165, 1.54) is 11.3 Å². The van der Waals surface area contributed by atoms with Crippen molar-refractivity contribution in [1.82, 2.24) is 4.68 Å². The Kier molecular flexibility index (Phi) is 4.94. The number of benzene rings is 1. The highest BCUT2D eigenvalue weighted by Gasteiger charge is 2.17. The Labute approximate surface area is 165 Å². The molecule has 1 aliphatic heterocycles. The van der Waals surface area contributed by atoms with Crippen molar-refractivity contribution >= 4 is 29.1 Å². The van der Waals surface area contributed by atoms with Crippen molar-refractivity contribution in [2.24, 2.45) is 10.1 Å². The minimum absolute atomic E-state index is 0.0300. The molecule has 8 heteroatoms. The summed E-state index contributed by atoms with van der Waals surface area (Å²) in [6.07, 6.45) is 3.38. The summed E-state index contributed by atoms with van der Waals surface area (Å²) >= 11 is 1.47. The number of anilines is 1. The maximum Gasteiger partial charge on any atom is 0.262 e. The van der Waals surface area contributed by atoms with Crippen LogP contribution in [-0.2, 0) is 4.79 Å². The number of furan rings is 1. The van der Waals surface area contributed by atoms with Crippen LogP contribution in [0.3, 0.4) is 0 Å². The molecule has 0 saturated carbocycles. The molecule has 7 nitrogen and oxygen atoms in total. The van der Waals surface area contributed by atoms with Crippen LogP contribution in [0.15, 0.2) is 62.9 Å². The molecule has 4 rings (SSSR count). The fourth-order valence-electron chi connectivity index (χ4n) is 2.74. The first-order chi connectivity index (χ1) is 13.6. The second-order valence-electron chi connectivity index (χ2n) is 6.09. The lowest BCUT2D eigenvalue weighted by Crippen LogP contribution is -2.25. The Hall–Kier alpha value is -3.39. The predicted molar refractivity (Wildman–Crippen MR) is 109 cm³/mol. The lowest BCUT2D eigenvalue weighted by Gasteiger charge is -2.18. The van der Waals surface area contributed by atoms with Crippen molar-refractivity contribution in [1.29, 1.82) is 0 Å². The van der Waals surface area contributed by atoms with Gasteiger partial charge in [0, 0.05) is 10.9 Å². The number of ether oxygens (including phenoxy) is 1. The number of carbonyl (C=O) groups excluding carboxylic acids is 1. The summed E-state index contributed by atoms with van der Waals surface area (Å²) < 4.78 is 12.7. The van der Waals surface area contributed by atoms with Crippen molar-refractivity contribution in [2.45, 2.75) is 6.92 Å². The minimum atomic E-state index is -0.171. The second-order valence-corrected chi connectivity index (χ2v) is 6.92. The van der Waals surface area contributed by atoms with Crippen molar-refractivity contribution in [2.75, 3.05) is 18.5 Å². The summed E-state index contributed by atoms with van der Waals surface area (Å²) in [5.41, 5.74) is 2.37. The van der Waals surface area contributed by atoms with Crippen LogP contribution >= 0.6 is 11.3 Å². The molecule has 1 amide bonds. The van der Waals surface area contributed by atoms with Gasteiger partial charge in [-0.1, -0.05) is 6.08 Å². The average molecular weight is 394 g/mol. The van der Waals surface area contributed by atoms with Gasteiger partial charge in [-0.05, 0) is 37.3 Å². The third-order valence-electron chi connectivity index (χ3n) is 4.01. The molecule has 2 aromatic heterocycles. The van der Waals surface area contributed by atoms with Crippen LogP contribution in [-0.4, -0.2) is 29.9 Å². The Bertz CT molecular complexity index is 1140. The number of nitrogens with zero attached hydrogens (tertiary/aromatic N) is 3. The SMILES string of the molecule is C=CCN=c1scc(-c2ccc3c(c2)NC(=O)CO3)n1N=Cc1ccc(C)o1. The highest BCUT2D eigenvalue weighted by atomic mass is 32.1. The number of hydrogen-bond acceptors (Lipinski definition) is 6. The summed E-state index contributed by atoms with van der Waals surface area (Å²) in [7, 11) is 0. The lowest BCUT2D eigenvalue weighted by molar-refractivity contribution is -0.118. The molecule has 1 N–H and O–H groups in total. The first-order valence-electron chi connectivity index (χ1n) is 8.64. The number of thiazole rings is 1. The first-order valence-corrected chi connectivity index (χ1v) is 9.52. The molecule has 1 aromatic carbocycles. The Morgan fingerprint density at radius 2 is 2.25 bits per heavy atom. The number of aryl methyl sites for hydroxylation is 1. The molecular weight excluding hydrogens is 376 g/mol. The topological polar surface area (TPSA) is 81.1 Å². The molecule has 3 aromatic rings. The molecule has 0 spiro atoms. The van der Waals surface area contributed by atoms with Gasteiger partial charge in [0.25, 0.3) is 5.91 Å². The van der Waals surface area contributed by atoms with Crippen molar-refractivity contribution in [3.05, 3.63) is 64.7 Å². The minimum Gasteiger partial charge on any atom is -0.482 e. The maximum atomic E-state index is 11.6. The molecule has 0 atom stereocenters.